The first kappa shape index (κ1) is 19.6. The van der Waals surface area contributed by atoms with Crippen LogP contribution in [0.2, 0.25) is 5.02 Å². The minimum absolute atomic E-state index is 0.277. The number of aromatic amines is 1. The lowest BCUT2D eigenvalue weighted by Gasteiger charge is -2.07. The molecule has 0 radical (unpaired) electrons. The average molecular weight is 441 g/mol. The van der Waals surface area contributed by atoms with Gasteiger partial charge in [0.2, 0.25) is 0 Å². The number of thiazole rings is 1. The Balaban J connectivity index is 1.52. The Morgan fingerprint density at radius 2 is 2.07 bits per heavy atom. The first-order chi connectivity index (χ1) is 14.0. The number of carbonyl (C=O) groups is 1. The number of aromatic nitrogens is 3. The van der Waals surface area contributed by atoms with Crippen LogP contribution in [0.3, 0.4) is 0 Å². The number of benzene rings is 2. The summed E-state index contributed by atoms with van der Waals surface area (Å²) >= 11 is 13.0. The summed E-state index contributed by atoms with van der Waals surface area (Å²) < 4.78 is 2.16. The van der Waals surface area contributed by atoms with Crippen LogP contribution < -0.4 is 5.32 Å². The van der Waals surface area contributed by atoms with Crippen molar-refractivity contribution in [1.82, 2.24) is 14.5 Å². The van der Waals surface area contributed by atoms with Gasteiger partial charge in [-0.05, 0) is 48.5 Å². The van der Waals surface area contributed by atoms with E-state index in [0.29, 0.717) is 22.0 Å². The number of rotatable bonds is 5. The zero-order chi connectivity index (χ0) is 20.4. The van der Waals surface area contributed by atoms with Crippen LogP contribution in [0.1, 0.15) is 26.5 Å². The Morgan fingerprint density at radius 1 is 1.28 bits per heavy atom. The highest BCUT2D eigenvalue weighted by Gasteiger charge is 2.16. The number of anilines is 1. The molecule has 0 aliphatic heterocycles. The van der Waals surface area contributed by atoms with Gasteiger partial charge in [-0.3, -0.25) is 14.7 Å². The van der Waals surface area contributed by atoms with Crippen LogP contribution in [0.4, 0.5) is 5.13 Å². The Kier molecular flexibility index (Phi) is 5.62. The van der Waals surface area contributed by atoms with Crippen LogP contribution in [-0.4, -0.2) is 20.4 Å². The summed E-state index contributed by atoms with van der Waals surface area (Å²) in [6.07, 6.45) is 4.08. The molecule has 0 fully saturated rings. The van der Waals surface area contributed by atoms with E-state index in [1.807, 2.05) is 55.5 Å². The zero-order valence-corrected chi connectivity index (χ0v) is 17.9. The van der Waals surface area contributed by atoms with E-state index in [1.165, 1.54) is 11.3 Å². The predicted molar refractivity (Wildman–Crippen MR) is 120 cm³/mol. The van der Waals surface area contributed by atoms with Gasteiger partial charge < -0.3 is 4.98 Å². The molecule has 2 aromatic heterocycles. The average Bonchev–Trinajstić information content (AvgIpc) is 3.31. The topological polar surface area (TPSA) is 62.7 Å². The van der Waals surface area contributed by atoms with Crippen molar-refractivity contribution >= 4 is 46.2 Å². The lowest BCUT2D eigenvalue weighted by Crippen LogP contribution is -2.16. The summed E-state index contributed by atoms with van der Waals surface area (Å²) in [4.78, 5) is 21.1. The molecule has 0 aliphatic rings. The number of nitrogens with zero attached hydrogens (tertiary/aromatic N) is 2. The third-order valence-electron chi connectivity index (χ3n) is 4.41. The van der Waals surface area contributed by atoms with E-state index in [2.05, 4.69) is 15.3 Å². The molecule has 0 bridgehead atoms. The normalized spacial score (nSPS) is 10.8. The van der Waals surface area contributed by atoms with E-state index in [1.54, 1.807) is 17.0 Å². The molecule has 29 heavy (non-hydrogen) atoms. The predicted octanol–water partition coefficient (Wildman–Crippen LogP) is 5.80. The molecule has 4 rings (SSSR count). The fraction of sp³-hybridized carbons (Fsp3) is 0.0952. The first-order valence-corrected chi connectivity index (χ1v) is 10.5. The summed E-state index contributed by atoms with van der Waals surface area (Å²) in [6, 6.07) is 15.5. The van der Waals surface area contributed by atoms with Gasteiger partial charge in [-0.25, -0.2) is 4.98 Å². The molecule has 2 N–H and O–H groups in total. The van der Waals surface area contributed by atoms with Crippen molar-refractivity contribution in [2.75, 3.05) is 5.32 Å². The smallest absolute Gasteiger partial charge is 0.276 e. The van der Waals surface area contributed by atoms with E-state index in [0.717, 1.165) is 26.7 Å². The molecule has 1 amide bonds. The quantitative estimate of drug-likeness (QED) is 0.386. The summed E-state index contributed by atoms with van der Waals surface area (Å²) in [7, 11) is 0. The molecule has 0 unspecified atom stereocenters. The van der Waals surface area contributed by atoms with E-state index >= 15 is 0 Å². The van der Waals surface area contributed by atoms with Crippen LogP contribution in [0.5, 0.6) is 0 Å². The van der Waals surface area contributed by atoms with E-state index < -0.39 is 0 Å². The van der Waals surface area contributed by atoms with Crippen molar-refractivity contribution in [3.63, 3.8) is 0 Å². The standard InChI is InChI=1S/C21H17ClN4OS2/c1-13-7-8-14(10-17(13)22)9-16-11-23-20(29-16)25-19(27)18-12-24-21(28)26(18)15-5-3-2-4-6-15/h2-8,10-12H,9H2,1H3,(H,24,28)(H,23,25,27). The van der Waals surface area contributed by atoms with Gasteiger partial charge in [0.15, 0.2) is 9.90 Å². The second-order valence-electron chi connectivity index (χ2n) is 6.50. The molecule has 0 atom stereocenters. The molecule has 5 nitrogen and oxygen atoms in total. The Labute approximate surface area is 182 Å². The van der Waals surface area contributed by atoms with Crippen LogP contribution in [0, 0.1) is 11.7 Å². The Bertz CT molecular complexity index is 1230. The highest BCUT2D eigenvalue weighted by atomic mass is 35.5. The maximum Gasteiger partial charge on any atom is 0.276 e. The monoisotopic (exact) mass is 440 g/mol. The number of H-pyrrole nitrogens is 1. The van der Waals surface area contributed by atoms with Gasteiger partial charge in [-0.2, -0.15) is 0 Å². The van der Waals surface area contributed by atoms with Crippen LogP contribution in [0.15, 0.2) is 60.9 Å². The fourth-order valence-electron chi connectivity index (χ4n) is 2.92. The van der Waals surface area contributed by atoms with Crippen LogP contribution in [-0.2, 0) is 6.42 Å². The molecule has 0 aliphatic carbocycles. The van der Waals surface area contributed by atoms with Crippen molar-refractivity contribution in [2.24, 2.45) is 0 Å². The van der Waals surface area contributed by atoms with Crippen molar-refractivity contribution in [3.05, 3.63) is 92.4 Å². The molecular weight excluding hydrogens is 424 g/mol. The highest BCUT2D eigenvalue weighted by Crippen LogP contribution is 2.24. The van der Waals surface area contributed by atoms with Gasteiger partial charge in [0.1, 0.15) is 5.69 Å². The third kappa shape index (κ3) is 4.32. The summed E-state index contributed by atoms with van der Waals surface area (Å²) in [5, 5.41) is 4.15. The van der Waals surface area contributed by atoms with Gasteiger partial charge >= 0.3 is 0 Å². The number of para-hydroxylation sites is 1. The van der Waals surface area contributed by atoms with Crippen molar-refractivity contribution < 1.29 is 4.79 Å². The van der Waals surface area contributed by atoms with Crippen molar-refractivity contribution in [2.45, 2.75) is 13.3 Å². The molecule has 0 spiro atoms. The van der Waals surface area contributed by atoms with E-state index in [-0.39, 0.29) is 5.91 Å². The molecule has 8 heteroatoms. The first-order valence-electron chi connectivity index (χ1n) is 8.88. The molecule has 4 aromatic rings. The summed E-state index contributed by atoms with van der Waals surface area (Å²) in [5.41, 5.74) is 3.39. The number of halogens is 1. The second kappa shape index (κ2) is 8.32. The maximum absolute atomic E-state index is 12.8. The van der Waals surface area contributed by atoms with Crippen molar-refractivity contribution in [1.29, 1.82) is 0 Å². The minimum atomic E-state index is -0.277. The van der Waals surface area contributed by atoms with E-state index in [9.17, 15) is 4.79 Å². The third-order valence-corrected chi connectivity index (χ3v) is 6.03. The van der Waals surface area contributed by atoms with Crippen LogP contribution in [0.25, 0.3) is 5.69 Å². The van der Waals surface area contributed by atoms with E-state index in [4.69, 9.17) is 23.8 Å². The molecule has 0 saturated carbocycles. The maximum atomic E-state index is 12.8. The highest BCUT2D eigenvalue weighted by molar-refractivity contribution is 7.71. The lowest BCUT2D eigenvalue weighted by molar-refractivity contribution is 0.102. The SMILES string of the molecule is Cc1ccc(Cc2cnc(NC(=O)c3c[nH]c(=S)n3-c3ccccc3)s2)cc1Cl. The second-order valence-corrected chi connectivity index (χ2v) is 8.41. The molecule has 146 valence electrons. The van der Waals surface area contributed by atoms with Crippen molar-refractivity contribution in [3.8, 4) is 5.69 Å². The number of nitrogens with one attached hydrogen (secondary N) is 2. The number of amides is 1. The van der Waals surface area contributed by atoms with Gasteiger partial charge in [0.25, 0.3) is 5.91 Å². The largest absolute Gasteiger partial charge is 0.336 e. The van der Waals surface area contributed by atoms with Gasteiger partial charge in [0, 0.05) is 34.4 Å². The number of imidazole rings is 1. The zero-order valence-electron chi connectivity index (χ0n) is 15.5. The van der Waals surface area contributed by atoms with Gasteiger partial charge in [-0.15, -0.1) is 11.3 Å². The van der Waals surface area contributed by atoms with Gasteiger partial charge in [-0.1, -0.05) is 41.9 Å². The van der Waals surface area contributed by atoms with Gasteiger partial charge in [0.05, 0.1) is 0 Å². The number of aryl methyl sites for hydroxylation is 1. The Hall–Kier alpha value is -2.74. The number of carbonyl (C=O) groups excluding carboxylic acids is 1. The molecule has 2 heterocycles. The fourth-order valence-corrected chi connectivity index (χ4v) is 4.23. The van der Waals surface area contributed by atoms with Crippen LogP contribution >= 0.6 is 35.2 Å². The summed E-state index contributed by atoms with van der Waals surface area (Å²) in [6.45, 7) is 1.98. The molecule has 2 aromatic carbocycles. The minimum Gasteiger partial charge on any atom is -0.336 e. The lowest BCUT2D eigenvalue weighted by atomic mass is 10.1. The molecular formula is C21H17ClN4OS2. The molecule has 0 saturated heterocycles. The summed E-state index contributed by atoms with van der Waals surface area (Å²) in [5.74, 6) is -0.277. The number of hydrogen-bond acceptors (Lipinski definition) is 4. The Morgan fingerprint density at radius 3 is 2.83 bits per heavy atom. The number of hydrogen-bond donors (Lipinski definition) is 2.